The Hall–Kier alpha value is -3.03. The highest BCUT2D eigenvalue weighted by Gasteiger charge is 2.21. The van der Waals surface area contributed by atoms with Crippen LogP contribution in [0, 0.1) is 5.82 Å². The lowest BCUT2D eigenvalue weighted by Gasteiger charge is -2.21. The molecular weight excluding hydrogens is 413 g/mol. The number of nitrogens with zero attached hydrogens (tertiary/aromatic N) is 3. The second-order valence-corrected chi connectivity index (χ2v) is 8.59. The van der Waals surface area contributed by atoms with Gasteiger partial charge in [0.15, 0.2) is 11.7 Å². The Kier molecular flexibility index (Phi) is 6.44. The van der Waals surface area contributed by atoms with Gasteiger partial charge in [0.2, 0.25) is 0 Å². The van der Waals surface area contributed by atoms with Crippen molar-refractivity contribution in [3.63, 3.8) is 0 Å². The third kappa shape index (κ3) is 5.00. The largest absolute Gasteiger partial charge is 0.484 e. The summed E-state index contributed by atoms with van der Waals surface area (Å²) >= 11 is 1.32. The molecule has 7 heteroatoms. The Morgan fingerprint density at radius 2 is 1.84 bits per heavy atom. The third-order valence-corrected chi connectivity index (χ3v) is 6.00. The number of hydrogen-bond donors (Lipinski definition) is 0. The van der Waals surface area contributed by atoms with Crippen molar-refractivity contribution in [2.75, 3.05) is 38.7 Å². The third-order valence-electron chi connectivity index (χ3n) is 4.96. The highest BCUT2D eigenvalue weighted by Crippen LogP contribution is 2.30. The van der Waals surface area contributed by atoms with Crippen LogP contribution in [-0.4, -0.2) is 49.6 Å². The molecule has 0 saturated carbocycles. The van der Waals surface area contributed by atoms with Gasteiger partial charge in [0.05, 0.1) is 4.70 Å². The van der Waals surface area contributed by atoms with E-state index in [1.54, 1.807) is 11.0 Å². The van der Waals surface area contributed by atoms with Crippen molar-refractivity contribution in [1.29, 1.82) is 0 Å². The molecule has 0 atom stereocenters. The van der Waals surface area contributed by atoms with Crippen molar-refractivity contribution in [1.82, 2.24) is 9.88 Å². The Morgan fingerprint density at radius 1 is 1.03 bits per heavy atom. The molecule has 0 radical (unpaired) electrons. The molecule has 1 amide bonds. The van der Waals surface area contributed by atoms with E-state index in [-0.39, 0.29) is 18.3 Å². The fraction of sp³-hybridized carbons (Fsp3) is 0.250. The number of fused-ring (bicyclic) bond motifs is 2. The molecule has 0 aliphatic heterocycles. The topological polar surface area (TPSA) is 45.7 Å². The molecule has 1 heterocycles. The molecule has 5 nitrogen and oxygen atoms in total. The van der Waals surface area contributed by atoms with E-state index in [9.17, 15) is 9.18 Å². The van der Waals surface area contributed by atoms with E-state index in [2.05, 4.69) is 9.88 Å². The van der Waals surface area contributed by atoms with Crippen LogP contribution in [-0.2, 0) is 4.79 Å². The summed E-state index contributed by atoms with van der Waals surface area (Å²) in [4.78, 5) is 21.2. The van der Waals surface area contributed by atoms with E-state index < -0.39 is 0 Å². The van der Waals surface area contributed by atoms with Crippen molar-refractivity contribution in [2.45, 2.75) is 6.42 Å². The van der Waals surface area contributed by atoms with Gasteiger partial charge >= 0.3 is 0 Å². The smallest absolute Gasteiger partial charge is 0.266 e. The number of carbonyl (C=O) groups is 1. The summed E-state index contributed by atoms with van der Waals surface area (Å²) in [7, 11) is 3.98. The first-order valence-corrected chi connectivity index (χ1v) is 10.9. The molecule has 0 bridgehead atoms. The van der Waals surface area contributed by atoms with Crippen LogP contribution in [0.1, 0.15) is 6.42 Å². The molecule has 0 aliphatic carbocycles. The number of anilines is 1. The molecule has 0 N–H and O–H groups in total. The molecule has 4 aromatic rings. The molecule has 0 unspecified atom stereocenters. The molecule has 0 spiro atoms. The lowest BCUT2D eigenvalue weighted by molar-refractivity contribution is -0.120. The van der Waals surface area contributed by atoms with Crippen LogP contribution in [0.2, 0.25) is 0 Å². The van der Waals surface area contributed by atoms with Crippen LogP contribution < -0.4 is 9.64 Å². The first kappa shape index (κ1) is 21.2. The van der Waals surface area contributed by atoms with Gasteiger partial charge < -0.3 is 9.64 Å². The highest BCUT2D eigenvalue weighted by atomic mass is 32.1. The Morgan fingerprint density at radius 3 is 2.61 bits per heavy atom. The van der Waals surface area contributed by atoms with Crippen LogP contribution in [0.15, 0.2) is 60.7 Å². The number of para-hydroxylation sites is 1. The quantitative estimate of drug-likeness (QED) is 0.391. The van der Waals surface area contributed by atoms with Crippen molar-refractivity contribution in [2.24, 2.45) is 0 Å². The summed E-state index contributed by atoms with van der Waals surface area (Å²) < 4.78 is 20.7. The summed E-state index contributed by atoms with van der Waals surface area (Å²) in [6, 6.07) is 18.6. The summed E-state index contributed by atoms with van der Waals surface area (Å²) in [5.74, 6) is 0.0510. The Bertz CT molecular complexity index is 1210. The number of amides is 1. The van der Waals surface area contributed by atoms with Gasteiger partial charge in [-0.1, -0.05) is 47.7 Å². The summed E-state index contributed by atoms with van der Waals surface area (Å²) in [5.41, 5.74) is 0.295. The molecule has 4 rings (SSSR count). The molecule has 3 aromatic carbocycles. The number of halogens is 1. The van der Waals surface area contributed by atoms with Crippen LogP contribution in [0.5, 0.6) is 5.75 Å². The van der Waals surface area contributed by atoms with Gasteiger partial charge in [-0.2, -0.15) is 0 Å². The minimum absolute atomic E-state index is 0.112. The van der Waals surface area contributed by atoms with E-state index in [1.807, 2.05) is 62.6 Å². The molecule has 31 heavy (non-hydrogen) atoms. The van der Waals surface area contributed by atoms with E-state index in [1.165, 1.54) is 17.4 Å². The number of ether oxygens (including phenoxy) is 1. The molecule has 160 valence electrons. The van der Waals surface area contributed by atoms with Crippen molar-refractivity contribution >= 4 is 43.4 Å². The lowest BCUT2D eigenvalue weighted by atomic mass is 10.1. The van der Waals surface area contributed by atoms with Crippen LogP contribution in [0.4, 0.5) is 9.52 Å². The fourth-order valence-electron chi connectivity index (χ4n) is 3.37. The fourth-order valence-corrected chi connectivity index (χ4v) is 4.39. The lowest BCUT2D eigenvalue weighted by Crippen LogP contribution is -2.36. The maximum atomic E-state index is 14.1. The van der Waals surface area contributed by atoms with Gasteiger partial charge in [-0.25, -0.2) is 9.37 Å². The molecule has 0 saturated heterocycles. The minimum Gasteiger partial charge on any atom is -0.484 e. The zero-order valence-electron chi connectivity index (χ0n) is 17.5. The van der Waals surface area contributed by atoms with Crippen molar-refractivity contribution in [3.8, 4) is 5.75 Å². The maximum Gasteiger partial charge on any atom is 0.266 e. The monoisotopic (exact) mass is 437 g/mol. The number of aromatic nitrogens is 1. The van der Waals surface area contributed by atoms with Crippen molar-refractivity contribution in [3.05, 3.63) is 66.5 Å². The van der Waals surface area contributed by atoms with E-state index in [4.69, 9.17) is 4.74 Å². The second kappa shape index (κ2) is 9.41. The average Bonchev–Trinajstić information content (AvgIpc) is 3.20. The number of benzene rings is 3. The van der Waals surface area contributed by atoms with Gasteiger partial charge in [-0.15, -0.1) is 0 Å². The highest BCUT2D eigenvalue weighted by molar-refractivity contribution is 7.22. The number of hydrogen-bond acceptors (Lipinski definition) is 5. The van der Waals surface area contributed by atoms with Crippen LogP contribution in [0.25, 0.3) is 21.0 Å². The predicted molar refractivity (Wildman–Crippen MR) is 125 cm³/mol. The Labute approximate surface area is 184 Å². The minimum atomic E-state index is -0.381. The number of thiazole rings is 1. The van der Waals surface area contributed by atoms with Gasteiger partial charge in [0.1, 0.15) is 17.1 Å². The predicted octanol–water partition coefficient (Wildman–Crippen LogP) is 4.95. The normalized spacial score (nSPS) is 11.4. The van der Waals surface area contributed by atoms with Gasteiger partial charge in [-0.3, -0.25) is 9.69 Å². The van der Waals surface area contributed by atoms with Crippen molar-refractivity contribution < 1.29 is 13.9 Å². The van der Waals surface area contributed by atoms with E-state index in [0.29, 0.717) is 22.9 Å². The number of carbonyl (C=O) groups excluding carboxylic acids is 1. The molecule has 1 aromatic heterocycles. The van der Waals surface area contributed by atoms with Crippen LogP contribution in [0.3, 0.4) is 0 Å². The van der Waals surface area contributed by atoms with Gasteiger partial charge in [0.25, 0.3) is 5.91 Å². The SMILES string of the molecule is CN(C)CCCN(C(=O)COc1ccc2ccccc2c1)c1nc2c(F)cccc2s1. The summed E-state index contributed by atoms with van der Waals surface area (Å²) in [6.07, 6.45) is 0.771. The van der Waals surface area contributed by atoms with Gasteiger partial charge in [-0.05, 0) is 62.1 Å². The molecule has 0 aliphatic rings. The van der Waals surface area contributed by atoms with Crippen LogP contribution >= 0.6 is 11.3 Å². The van der Waals surface area contributed by atoms with E-state index >= 15 is 0 Å². The average molecular weight is 438 g/mol. The zero-order valence-corrected chi connectivity index (χ0v) is 18.4. The van der Waals surface area contributed by atoms with E-state index in [0.717, 1.165) is 28.4 Å². The second-order valence-electron chi connectivity index (χ2n) is 7.58. The standard InChI is InChI=1S/C24H24FN3O2S/c1-27(2)13-6-14-28(24-26-23-20(25)9-5-10-21(23)31-24)22(29)16-30-19-12-11-17-7-3-4-8-18(17)15-19/h3-5,7-12,15H,6,13-14,16H2,1-2H3. The van der Waals surface area contributed by atoms with Gasteiger partial charge in [0, 0.05) is 6.54 Å². The molecular formula is C24H24FN3O2S. The zero-order chi connectivity index (χ0) is 21.8. The first-order chi connectivity index (χ1) is 15.0. The number of rotatable bonds is 8. The molecule has 0 fully saturated rings. The summed E-state index contributed by atoms with van der Waals surface area (Å²) in [6.45, 7) is 1.20. The first-order valence-electron chi connectivity index (χ1n) is 10.1. The Balaban J connectivity index is 1.52. The maximum absolute atomic E-state index is 14.1. The summed E-state index contributed by atoms with van der Waals surface area (Å²) in [5, 5.41) is 2.66.